The number of hydrogen-bond acceptors (Lipinski definition) is 6. The van der Waals surface area contributed by atoms with Crippen LogP contribution in [-0.4, -0.2) is 36.5 Å². The van der Waals surface area contributed by atoms with Crippen molar-refractivity contribution in [1.82, 2.24) is 0 Å². The minimum Gasteiger partial charge on any atom is -0.540 e. The van der Waals surface area contributed by atoms with Crippen molar-refractivity contribution >= 4 is 12.1 Å². The number of ether oxygens (including phenoxy) is 2. The maximum atomic E-state index is 10.8. The van der Waals surface area contributed by atoms with Crippen molar-refractivity contribution < 1.29 is 29.3 Å². The van der Waals surface area contributed by atoms with Crippen molar-refractivity contribution in [3.8, 4) is 0 Å². The van der Waals surface area contributed by atoms with Crippen LogP contribution in [0.3, 0.4) is 0 Å². The van der Waals surface area contributed by atoms with E-state index in [4.69, 9.17) is 5.11 Å². The minimum absolute atomic E-state index is 0.176. The van der Waals surface area contributed by atoms with Gasteiger partial charge in [0.25, 0.3) is 6.16 Å². The Labute approximate surface area is 80.7 Å². The second kappa shape index (κ2) is 5.98. The predicted octanol–water partition coefficient (Wildman–Crippen LogP) is -1.17. The van der Waals surface area contributed by atoms with Crippen LogP contribution in [0.25, 0.3) is 0 Å². The Bertz CT molecular complexity index is 234. The molecule has 0 bridgehead atoms. The van der Waals surface area contributed by atoms with E-state index in [0.29, 0.717) is 0 Å². The molecule has 14 heavy (non-hydrogen) atoms. The highest BCUT2D eigenvalue weighted by Crippen LogP contribution is 1.97. The van der Waals surface area contributed by atoms with E-state index >= 15 is 0 Å². The number of carbonyl (C=O) groups excluding carboxylic acids is 2. The van der Waals surface area contributed by atoms with Crippen LogP contribution < -0.4 is 5.11 Å². The van der Waals surface area contributed by atoms with Crippen molar-refractivity contribution in [2.75, 3.05) is 13.2 Å². The van der Waals surface area contributed by atoms with Gasteiger partial charge in [-0.1, -0.05) is 6.58 Å². The molecule has 1 unspecified atom stereocenters. The Kier molecular flexibility index (Phi) is 5.31. The van der Waals surface area contributed by atoms with Gasteiger partial charge in [0, 0.05) is 5.57 Å². The average Bonchev–Trinajstić information content (AvgIpc) is 2.10. The zero-order chi connectivity index (χ0) is 11.1. The second-order valence-corrected chi connectivity index (χ2v) is 2.55. The quantitative estimate of drug-likeness (QED) is 0.446. The summed E-state index contributed by atoms with van der Waals surface area (Å²) in [5.41, 5.74) is 0.176. The zero-order valence-corrected chi connectivity index (χ0v) is 7.69. The van der Waals surface area contributed by atoms with E-state index in [1.165, 1.54) is 6.92 Å². The maximum absolute atomic E-state index is 10.8. The van der Waals surface area contributed by atoms with E-state index in [-0.39, 0.29) is 12.2 Å². The molecular formula is C8H11O6-. The molecule has 0 aliphatic heterocycles. The van der Waals surface area contributed by atoms with Crippen LogP contribution in [0.1, 0.15) is 6.92 Å². The van der Waals surface area contributed by atoms with E-state index in [0.717, 1.165) is 0 Å². The van der Waals surface area contributed by atoms with Gasteiger partial charge in [-0.3, -0.25) is 0 Å². The SMILES string of the molecule is C=C(C)C(=O)OCC(CO)OC(=O)[O-]. The normalized spacial score (nSPS) is 11.6. The third-order valence-electron chi connectivity index (χ3n) is 1.22. The molecule has 0 amide bonds. The lowest BCUT2D eigenvalue weighted by molar-refractivity contribution is -0.290. The number of aliphatic hydroxyl groups excluding tert-OH is 1. The predicted molar refractivity (Wildman–Crippen MR) is 43.1 cm³/mol. The van der Waals surface area contributed by atoms with Crippen LogP contribution in [-0.2, 0) is 14.3 Å². The van der Waals surface area contributed by atoms with Crippen LogP contribution >= 0.6 is 0 Å². The molecule has 0 heterocycles. The van der Waals surface area contributed by atoms with Crippen LogP contribution in [0.4, 0.5) is 4.79 Å². The molecule has 6 nitrogen and oxygen atoms in total. The lowest BCUT2D eigenvalue weighted by Gasteiger charge is -2.19. The van der Waals surface area contributed by atoms with Crippen LogP contribution in [0.5, 0.6) is 0 Å². The van der Waals surface area contributed by atoms with Crippen molar-refractivity contribution in [3.63, 3.8) is 0 Å². The molecule has 0 rings (SSSR count). The lowest BCUT2D eigenvalue weighted by Crippen LogP contribution is -2.34. The second-order valence-electron chi connectivity index (χ2n) is 2.55. The summed E-state index contributed by atoms with van der Waals surface area (Å²) in [6.45, 7) is 3.80. The molecule has 0 radical (unpaired) electrons. The van der Waals surface area contributed by atoms with E-state index in [1.54, 1.807) is 0 Å². The molecule has 0 aromatic carbocycles. The fourth-order valence-corrected chi connectivity index (χ4v) is 0.552. The summed E-state index contributed by atoms with van der Waals surface area (Å²) in [4.78, 5) is 20.8. The van der Waals surface area contributed by atoms with E-state index in [9.17, 15) is 14.7 Å². The van der Waals surface area contributed by atoms with Crippen LogP contribution in [0.15, 0.2) is 12.2 Å². The highest BCUT2D eigenvalue weighted by Gasteiger charge is 2.10. The summed E-state index contributed by atoms with van der Waals surface area (Å²) in [7, 11) is 0. The summed E-state index contributed by atoms with van der Waals surface area (Å²) in [6.07, 6.45) is -2.90. The first-order valence-electron chi connectivity index (χ1n) is 3.78. The van der Waals surface area contributed by atoms with Gasteiger partial charge in [0.05, 0.1) is 12.7 Å². The van der Waals surface area contributed by atoms with Crippen molar-refractivity contribution in [2.24, 2.45) is 0 Å². The summed E-state index contributed by atoms with van der Waals surface area (Å²) in [5.74, 6) is -0.676. The van der Waals surface area contributed by atoms with Crippen molar-refractivity contribution in [2.45, 2.75) is 13.0 Å². The highest BCUT2D eigenvalue weighted by atomic mass is 16.7. The van der Waals surface area contributed by atoms with Crippen molar-refractivity contribution in [3.05, 3.63) is 12.2 Å². The van der Waals surface area contributed by atoms with Gasteiger partial charge in [-0.25, -0.2) is 4.79 Å². The molecule has 0 saturated carbocycles. The third-order valence-corrected chi connectivity index (χ3v) is 1.22. The smallest absolute Gasteiger partial charge is 0.333 e. The minimum atomic E-state index is -1.78. The standard InChI is InChI=1S/C8H12O6/c1-5(2)7(10)13-4-6(3-9)14-8(11)12/h6,9H,1,3-4H2,2H3,(H,11,12)/p-1. The fourth-order valence-electron chi connectivity index (χ4n) is 0.552. The summed E-state index contributed by atoms with van der Waals surface area (Å²) in [5, 5.41) is 18.5. The number of hydrogen-bond donors (Lipinski definition) is 1. The largest absolute Gasteiger partial charge is 0.540 e. The number of aliphatic hydroxyl groups is 1. The van der Waals surface area contributed by atoms with E-state index in [1.807, 2.05) is 0 Å². The molecular weight excluding hydrogens is 192 g/mol. The Hall–Kier alpha value is -1.56. The Morgan fingerprint density at radius 2 is 2.14 bits per heavy atom. The average molecular weight is 203 g/mol. The topological polar surface area (TPSA) is 95.9 Å². The van der Waals surface area contributed by atoms with Gasteiger partial charge in [-0.15, -0.1) is 0 Å². The number of rotatable bonds is 5. The van der Waals surface area contributed by atoms with Gasteiger partial charge in [-0.2, -0.15) is 0 Å². The summed E-state index contributed by atoms with van der Waals surface area (Å²) >= 11 is 0. The molecule has 0 aliphatic carbocycles. The lowest BCUT2D eigenvalue weighted by atomic mass is 10.3. The fraction of sp³-hybridized carbons (Fsp3) is 0.500. The monoisotopic (exact) mass is 203 g/mol. The third kappa shape index (κ3) is 5.15. The van der Waals surface area contributed by atoms with Gasteiger partial charge in [-0.05, 0) is 6.92 Å². The summed E-state index contributed by atoms with van der Waals surface area (Å²) < 4.78 is 8.62. The molecule has 0 fully saturated rings. The molecule has 1 atom stereocenters. The number of carbonyl (C=O) groups is 2. The van der Waals surface area contributed by atoms with Gasteiger partial charge in [0.2, 0.25) is 0 Å². The zero-order valence-electron chi connectivity index (χ0n) is 7.69. The number of esters is 1. The Balaban J connectivity index is 3.89. The summed E-state index contributed by atoms with van der Waals surface area (Å²) in [6, 6.07) is 0. The molecule has 0 aromatic heterocycles. The Morgan fingerprint density at radius 3 is 2.50 bits per heavy atom. The number of carboxylic acid groups (broad SMARTS) is 1. The van der Waals surface area contributed by atoms with Gasteiger partial charge >= 0.3 is 5.97 Å². The van der Waals surface area contributed by atoms with E-state index < -0.39 is 24.8 Å². The molecule has 0 aliphatic rings. The first kappa shape index (κ1) is 12.4. The molecule has 0 aromatic rings. The van der Waals surface area contributed by atoms with E-state index in [2.05, 4.69) is 16.1 Å². The maximum Gasteiger partial charge on any atom is 0.333 e. The van der Waals surface area contributed by atoms with Crippen LogP contribution in [0, 0.1) is 0 Å². The molecule has 80 valence electrons. The first-order valence-corrected chi connectivity index (χ1v) is 3.78. The van der Waals surface area contributed by atoms with Crippen molar-refractivity contribution in [1.29, 1.82) is 0 Å². The van der Waals surface area contributed by atoms with Gasteiger partial charge in [0.15, 0.2) is 0 Å². The van der Waals surface area contributed by atoms with Crippen LogP contribution in [0.2, 0.25) is 0 Å². The van der Waals surface area contributed by atoms with Gasteiger partial charge < -0.3 is 24.5 Å². The van der Waals surface area contributed by atoms with Gasteiger partial charge in [0.1, 0.15) is 6.61 Å². The molecule has 6 heteroatoms. The molecule has 1 N–H and O–H groups in total. The Morgan fingerprint density at radius 1 is 1.57 bits per heavy atom. The molecule has 0 spiro atoms. The highest BCUT2D eigenvalue weighted by molar-refractivity contribution is 5.86. The first-order chi connectivity index (χ1) is 6.47. The molecule has 0 saturated heterocycles.